The summed E-state index contributed by atoms with van der Waals surface area (Å²) in [7, 11) is 0. The van der Waals surface area contributed by atoms with Crippen LogP contribution in [0.25, 0.3) is 0 Å². The van der Waals surface area contributed by atoms with Crippen LogP contribution in [0.4, 0.5) is 5.82 Å². The first kappa shape index (κ1) is 15.3. The molecule has 2 fully saturated rings. The number of carbonyl (C=O) groups excluding carboxylic acids is 1. The fourth-order valence-electron chi connectivity index (χ4n) is 3.34. The lowest BCUT2D eigenvalue weighted by molar-refractivity contribution is 0.0754. The Hall–Kier alpha value is -1.65. The van der Waals surface area contributed by atoms with Crippen molar-refractivity contribution in [2.75, 3.05) is 31.1 Å². The number of rotatable bonds is 2. The van der Waals surface area contributed by atoms with Crippen LogP contribution in [0.5, 0.6) is 0 Å². The molecule has 0 saturated carbocycles. The van der Waals surface area contributed by atoms with Gasteiger partial charge in [0.05, 0.1) is 0 Å². The van der Waals surface area contributed by atoms with Gasteiger partial charge in [0.15, 0.2) is 11.5 Å². The van der Waals surface area contributed by atoms with Crippen LogP contribution in [-0.4, -0.2) is 47.2 Å². The van der Waals surface area contributed by atoms with Gasteiger partial charge in [0.1, 0.15) is 0 Å². The molecule has 0 radical (unpaired) electrons. The molecule has 0 aromatic carbocycles. The highest BCUT2D eigenvalue weighted by atomic mass is 16.2. The van der Waals surface area contributed by atoms with Crippen LogP contribution in [0.2, 0.25) is 0 Å². The van der Waals surface area contributed by atoms with Crippen LogP contribution in [-0.2, 0) is 0 Å². The third-order valence-electron chi connectivity index (χ3n) is 4.69. The predicted molar refractivity (Wildman–Crippen MR) is 87.1 cm³/mol. The number of anilines is 1. The molecule has 3 rings (SSSR count). The minimum atomic E-state index is 0.0387. The van der Waals surface area contributed by atoms with Crippen LogP contribution in [0.3, 0.4) is 0 Å². The Morgan fingerprint density at radius 2 is 1.36 bits per heavy atom. The normalized spacial score (nSPS) is 20.4. The van der Waals surface area contributed by atoms with Crippen LogP contribution >= 0.6 is 0 Å². The van der Waals surface area contributed by atoms with Gasteiger partial charge in [-0.2, -0.15) is 0 Å². The zero-order valence-corrected chi connectivity index (χ0v) is 13.3. The Morgan fingerprint density at radius 1 is 0.773 bits per heavy atom. The lowest BCUT2D eigenvalue weighted by Gasteiger charge is -2.22. The molecule has 1 aromatic heterocycles. The minimum Gasteiger partial charge on any atom is -0.355 e. The quantitative estimate of drug-likeness (QED) is 0.843. The smallest absolute Gasteiger partial charge is 0.274 e. The van der Waals surface area contributed by atoms with Gasteiger partial charge in [0.25, 0.3) is 5.91 Å². The molecule has 2 aliphatic heterocycles. The average molecular weight is 302 g/mol. The number of nitrogens with zero attached hydrogens (tertiary/aromatic N) is 4. The van der Waals surface area contributed by atoms with Gasteiger partial charge in [-0.05, 0) is 37.8 Å². The molecule has 1 aromatic rings. The molecule has 0 bridgehead atoms. The second-order valence-electron chi connectivity index (χ2n) is 6.38. The van der Waals surface area contributed by atoms with Gasteiger partial charge in [-0.15, -0.1) is 10.2 Å². The van der Waals surface area contributed by atoms with Crippen molar-refractivity contribution < 1.29 is 4.79 Å². The maximum Gasteiger partial charge on any atom is 0.274 e. The van der Waals surface area contributed by atoms with Crippen molar-refractivity contribution in [1.29, 1.82) is 0 Å². The first-order valence-electron chi connectivity index (χ1n) is 8.72. The summed E-state index contributed by atoms with van der Waals surface area (Å²) in [5, 5.41) is 8.52. The van der Waals surface area contributed by atoms with Crippen molar-refractivity contribution in [1.82, 2.24) is 15.1 Å². The van der Waals surface area contributed by atoms with Crippen molar-refractivity contribution in [3.8, 4) is 0 Å². The van der Waals surface area contributed by atoms with E-state index in [1.807, 2.05) is 17.0 Å². The molecular weight excluding hydrogens is 276 g/mol. The monoisotopic (exact) mass is 302 g/mol. The average Bonchev–Trinajstić information content (AvgIpc) is 2.99. The van der Waals surface area contributed by atoms with Gasteiger partial charge in [0.2, 0.25) is 0 Å². The molecular formula is C17H26N4O. The topological polar surface area (TPSA) is 49.3 Å². The molecule has 0 aliphatic carbocycles. The Bertz CT molecular complexity index is 472. The summed E-state index contributed by atoms with van der Waals surface area (Å²) < 4.78 is 0. The zero-order valence-electron chi connectivity index (χ0n) is 13.3. The van der Waals surface area contributed by atoms with Gasteiger partial charge >= 0.3 is 0 Å². The third kappa shape index (κ3) is 3.76. The lowest BCUT2D eigenvalue weighted by Crippen LogP contribution is -2.33. The third-order valence-corrected chi connectivity index (χ3v) is 4.69. The molecule has 2 saturated heterocycles. The first-order chi connectivity index (χ1) is 10.8. The summed E-state index contributed by atoms with van der Waals surface area (Å²) in [4.78, 5) is 16.7. The maximum atomic E-state index is 12.5. The SMILES string of the molecule is O=C(c1ccc(N2CCCCCC2)nn1)N1CCCCCC1. The molecule has 5 nitrogen and oxygen atoms in total. The maximum absolute atomic E-state index is 12.5. The van der Waals surface area contributed by atoms with Crippen LogP contribution in [0, 0.1) is 0 Å². The summed E-state index contributed by atoms with van der Waals surface area (Å²) in [5.74, 6) is 0.950. The number of hydrogen-bond donors (Lipinski definition) is 0. The number of aromatic nitrogens is 2. The van der Waals surface area contributed by atoms with Gasteiger partial charge in [-0.25, -0.2) is 0 Å². The number of likely N-dealkylation sites (tertiary alicyclic amines) is 1. The Morgan fingerprint density at radius 3 is 1.91 bits per heavy atom. The van der Waals surface area contributed by atoms with E-state index in [1.165, 1.54) is 38.5 Å². The van der Waals surface area contributed by atoms with E-state index in [4.69, 9.17) is 0 Å². The van der Waals surface area contributed by atoms with E-state index in [0.29, 0.717) is 5.69 Å². The van der Waals surface area contributed by atoms with E-state index >= 15 is 0 Å². The van der Waals surface area contributed by atoms with Crippen LogP contribution in [0.15, 0.2) is 12.1 Å². The fraction of sp³-hybridized carbons (Fsp3) is 0.706. The van der Waals surface area contributed by atoms with E-state index < -0.39 is 0 Å². The standard InChI is InChI=1S/C17H26N4O/c22-17(21-13-7-3-4-8-14-21)15-9-10-16(19-18-15)20-11-5-1-2-6-12-20/h9-10H,1-8,11-14H2. The molecule has 3 heterocycles. The largest absolute Gasteiger partial charge is 0.355 e. The van der Waals surface area contributed by atoms with Gasteiger partial charge in [0, 0.05) is 26.2 Å². The van der Waals surface area contributed by atoms with Crippen molar-refractivity contribution >= 4 is 11.7 Å². The van der Waals surface area contributed by atoms with E-state index in [2.05, 4.69) is 15.1 Å². The second-order valence-corrected chi connectivity index (χ2v) is 6.38. The van der Waals surface area contributed by atoms with E-state index in [-0.39, 0.29) is 5.91 Å². The van der Waals surface area contributed by atoms with Crippen molar-refractivity contribution in [2.45, 2.75) is 51.4 Å². The van der Waals surface area contributed by atoms with E-state index in [1.54, 1.807) is 0 Å². The van der Waals surface area contributed by atoms with Crippen LogP contribution in [0.1, 0.15) is 61.9 Å². The Balaban J connectivity index is 1.66. The van der Waals surface area contributed by atoms with E-state index in [9.17, 15) is 4.79 Å². The summed E-state index contributed by atoms with van der Waals surface area (Å²) in [6.07, 6.45) is 9.69. The Kier molecular flexibility index (Phi) is 5.24. The summed E-state index contributed by atoms with van der Waals surface area (Å²) in [6.45, 7) is 3.81. The first-order valence-corrected chi connectivity index (χ1v) is 8.72. The van der Waals surface area contributed by atoms with Gasteiger partial charge < -0.3 is 9.80 Å². The van der Waals surface area contributed by atoms with Crippen LogP contribution < -0.4 is 4.90 Å². The lowest BCUT2D eigenvalue weighted by atomic mass is 10.2. The second kappa shape index (κ2) is 7.56. The molecule has 0 spiro atoms. The highest BCUT2D eigenvalue weighted by Crippen LogP contribution is 2.17. The summed E-state index contributed by atoms with van der Waals surface area (Å²) in [5.41, 5.74) is 0.487. The molecule has 0 N–H and O–H groups in total. The molecule has 1 amide bonds. The number of carbonyl (C=O) groups is 1. The van der Waals surface area contributed by atoms with Gasteiger partial charge in [-0.3, -0.25) is 4.79 Å². The number of amides is 1. The van der Waals surface area contributed by atoms with E-state index in [0.717, 1.165) is 44.8 Å². The van der Waals surface area contributed by atoms with Gasteiger partial charge in [-0.1, -0.05) is 25.7 Å². The molecule has 22 heavy (non-hydrogen) atoms. The number of hydrogen-bond acceptors (Lipinski definition) is 4. The predicted octanol–water partition coefficient (Wildman–Crippen LogP) is 2.87. The van der Waals surface area contributed by atoms with Crippen molar-refractivity contribution in [3.63, 3.8) is 0 Å². The summed E-state index contributed by atoms with van der Waals surface area (Å²) >= 11 is 0. The fourth-order valence-corrected chi connectivity index (χ4v) is 3.34. The molecule has 120 valence electrons. The Labute approximate surface area is 132 Å². The highest BCUT2D eigenvalue weighted by molar-refractivity contribution is 5.92. The zero-order chi connectivity index (χ0) is 15.2. The molecule has 5 heteroatoms. The molecule has 0 atom stereocenters. The van der Waals surface area contributed by atoms with Crippen molar-refractivity contribution in [3.05, 3.63) is 17.8 Å². The highest BCUT2D eigenvalue weighted by Gasteiger charge is 2.19. The molecule has 0 unspecified atom stereocenters. The summed E-state index contributed by atoms with van der Waals surface area (Å²) in [6, 6.07) is 3.81. The molecule has 2 aliphatic rings. The van der Waals surface area contributed by atoms with Crippen molar-refractivity contribution in [2.24, 2.45) is 0 Å². The minimum absolute atomic E-state index is 0.0387.